The lowest BCUT2D eigenvalue weighted by molar-refractivity contribution is 0.268. The third-order valence-corrected chi connectivity index (χ3v) is 3.45. The molecule has 0 spiro atoms. The van der Waals surface area contributed by atoms with Crippen molar-refractivity contribution in [1.82, 2.24) is 4.90 Å². The summed E-state index contributed by atoms with van der Waals surface area (Å²) in [5.74, 6) is 0.739. The molecule has 1 aromatic carbocycles. The van der Waals surface area contributed by atoms with Gasteiger partial charge in [-0.05, 0) is 19.5 Å². The van der Waals surface area contributed by atoms with Crippen molar-refractivity contribution in [3.8, 4) is 0 Å². The fourth-order valence-corrected chi connectivity index (χ4v) is 2.43. The van der Waals surface area contributed by atoms with E-state index in [0.29, 0.717) is 6.04 Å². The van der Waals surface area contributed by atoms with Gasteiger partial charge in [0.1, 0.15) is 0 Å². The molecular weight excluding hydrogens is 206 g/mol. The molecule has 0 aliphatic heterocycles. The van der Waals surface area contributed by atoms with Gasteiger partial charge in [-0.2, -0.15) is 0 Å². The maximum Gasteiger partial charge on any atom is 0.0385 e. The van der Waals surface area contributed by atoms with Crippen molar-refractivity contribution in [2.75, 3.05) is 19.1 Å². The van der Waals surface area contributed by atoms with Gasteiger partial charge in [-0.3, -0.25) is 9.11 Å². The SMILES string of the molecule is C[C@H](C[S@](C)=O)N(C)Cc1ccccc1. The Balaban J connectivity index is 2.48. The van der Waals surface area contributed by atoms with E-state index < -0.39 is 10.8 Å². The molecular formula is C12H19NOS. The summed E-state index contributed by atoms with van der Waals surface area (Å²) < 4.78 is 11.1. The van der Waals surface area contributed by atoms with Crippen LogP contribution in [0.3, 0.4) is 0 Å². The van der Waals surface area contributed by atoms with Crippen LogP contribution in [0.15, 0.2) is 30.3 Å². The Labute approximate surface area is 94.8 Å². The molecule has 0 heterocycles. The fraction of sp³-hybridized carbons (Fsp3) is 0.500. The van der Waals surface area contributed by atoms with E-state index in [1.807, 2.05) is 18.2 Å². The van der Waals surface area contributed by atoms with Crippen LogP contribution in [0.1, 0.15) is 12.5 Å². The van der Waals surface area contributed by atoms with Crippen molar-refractivity contribution in [2.24, 2.45) is 0 Å². The smallest absolute Gasteiger partial charge is 0.0385 e. The highest BCUT2D eigenvalue weighted by molar-refractivity contribution is 7.84. The Hall–Kier alpha value is -0.670. The second-order valence-corrected chi connectivity index (χ2v) is 5.47. The first-order valence-corrected chi connectivity index (χ1v) is 6.86. The van der Waals surface area contributed by atoms with E-state index in [-0.39, 0.29) is 0 Å². The first kappa shape index (κ1) is 12.4. The van der Waals surface area contributed by atoms with Crippen LogP contribution in [0.25, 0.3) is 0 Å². The Kier molecular flexibility index (Phi) is 4.99. The van der Waals surface area contributed by atoms with Gasteiger partial charge in [-0.25, -0.2) is 0 Å². The minimum atomic E-state index is -0.716. The number of hydrogen-bond donors (Lipinski definition) is 0. The number of benzene rings is 1. The quantitative estimate of drug-likeness (QED) is 0.762. The molecule has 15 heavy (non-hydrogen) atoms. The summed E-state index contributed by atoms with van der Waals surface area (Å²) in [5, 5.41) is 0. The van der Waals surface area contributed by atoms with Crippen molar-refractivity contribution < 1.29 is 4.21 Å². The first-order chi connectivity index (χ1) is 7.09. The van der Waals surface area contributed by atoms with Crippen LogP contribution < -0.4 is 0 Å². The van der Waals surface area contributed by atoms with E-state index in [1.165, 1.54) is 5.56 Å². The minimum absolute atomic E-state index is 0.357. The van der Waals surface area contributed by atoms with Crippen molar-refractivity contribution in [2.45, 2.75) is 19.5 Å². The summed E-state index contributed by atoms with van der Waals surface area (Å²) in [6.45, 7) is 3.03. The normalized spacial score (nSPS) is 15.2. The largest absolute Gasteiger partial charge is 0.299 e. The number of rotatable bonds is 5. The Morgan fingerprint density at radius 1 is 1.33 bits per heavy atom. The second kappa shape index (κ2) is 6.03. The van der Waals surface area contributed by atoms with Crippen LogP contribution in [0.4, 0.5) is 0 Å². The zero-order valence-electron chi connectivity index (χ0n) is 9.64. The van der Waals surface area contributed by atoms with Crippen LogP contribution >= 0.6 is 0 Å². The van der Waals surface area contributed by atoms with Crippen LogP contribution in [0, 0.1) is 0 Å². The highest BCUT2D eigenvalue weighted by atomic mass is 32.2. The lowest BCUT2D eigenvalue weighted by atomic mass is 10.2. The summed E-state index contributed by atoms with van der Waals surface area (Å²) in [6.07, 6.45) is 1.76. The van der Waals surface area contributed by atoms with Crippen LogP contribution in [0.2, 0.25) is 0 Å². The molecule has 0 unspecified atom stereocenters. The third-order valence-electron chi connectivity index (χ3n) is 2.50. The molecule has 0 bridgehead atoms. The molecule has 0 saturated heterocycles. The third kappa shape index (κ3) is 4.58. The molecule has 0 radical (unpaired) electrons. The summed E-state index contributed by atoms with van der Waals surface area (Å²) in [4.78, 5) is 2.23. The molecule has 0 saturated carbocycles. The summed E-state index contributed by atoms with van der Waals surface area (Å²) in [5.41, 5.74) is 1.30. The highest BCUT2D eigenvalue weighted by Crippen LogP contribution is 2.06. The standard InChI is InChI=1S/C12H19NOS/c1-11(10-15(3)14)13(2)9-12-7-5-4-6-8-12/h4-8,11H,9-10H2,1-3H3/t11-,15+/m1/s1. The number of hydrogen-bond acceptors (Lipinski definition) is 2. The molecule has 0 fully saturated rings. The molecule has 1 aromatic rings. The molecule has 0 N–H and O–H groups in total. The van der Waals surface area contributed by atoms with Crippen LogP contribution in [-0.2, 0) is 17.3 Å². The van der Waals surface area contributed by atoms with E-state index in [2.05, 4.69) is 31.0 Å². The van der Waals surface area contributed by atoms with Crippen LogP contribution in [0.5, 0.6) is 0 Å². The van der Waals surface area contributed by atoms with Crippen LogP contribution in [-0.4, -0.2) is 34.2 Å². The molecule has 2 atom stereocenters. The van der Waals surface area contributed by atoms with Gasteiger partial charge in [-0.1, -0.05) is 30.3 Å². The first-order valence-electron chi connectivity index (χ1n) is 5.14. The van der Waals surface area contributed by atoms with Crippen molar-refractivity contribution in [3.05, 3.63) is 35.9 Å². The van der Waals surface area contributed by atoms with Gasteiger partial charge in [-0.15, -0.1) is 0 Å². The van der Waals surface area contributed by atoms with E-state index in [0.717, 1.165) is 12.3 Å². The van der Waals surface area contributed by atoms with Gasteiger partial charge < -0.3 is 0 Å². The summed E-state index contributed by atoms with van der Waals surface area (Å²) in [7, 11) is 1.36. The van der Waals surface area contributed by atoms with Crippen molar-refractivity contribution >= 4 is 10.8 Å². The molecule has 0 aliphatic carbocycles. The van der Waals surface area contributed by atoms with Gasteiger partial charge >= 0.3 is 0 Å². The van der Waals surface area contributed by atoms with Gasteiger partial charge in [0.05, 0.1) is 0 Å². The van der Waals surface area contributed by atoms with E-state index in [1.54, 1.807) is 6.26 Å². The summed E-state index contributed by atoms with van der Waals surface area (Å²) in [6, 6.07) is 10.7. The average Bonchev–Trinajstić information content (AvgIpc) is 2.18. The molecule has 2 nitrogen and oxygen atoms in total. The topological polar surface area (TPSA) is 20.3 Å². The van der Waals surface area contributed by atoms with Gasteiger partial charge in [0.15, 0.2) is 0 Å². The van der Waals surface area contributed by atoms with E-state index in [9.17, 15) is 4.21 Å². The maximum absolute atomic E-state index is 11.1. The Bertz CT molecular complexity index is 313. The Morgan fingerprint density at radius 3 is 2.47 bits per heavy atom. The van der Waals surface area contributed by atoms with E-state index >= 15 is 0 Å². The van der Waals surface area contributed by atoms with Gasteiger partial charge in [0, 0.05) is 35.4 Å². The minimum Gasteiger partial charge on any atom is -0.299 e. The highest BCUT2D eigenvalue weighted by Gasteiger charge is 2.10. The van der Waals surface area contributed by atoms with Gasteiger partial charge in [0.2, 0.25) is 0 Å². The predicted molar refractivity (Wildman–Crippen MR) is 66.3 cm³/mol. The molecule has 0 aliphatic rings. The lowest BCUT2D eigenvalue weighted by Crippen LogP contribution is -2.32. The lowest BCUT2D eigenvalue weighted by Gasteiger charge is -2.23. The fourth-order valence-electron chi connectivity index (χ4n) is 1.49. The van der Waals surface area contributed by atoms with Gasteiger partial charge in [0.25, 0.3) is 0 Å². The molecule has 84 valence electrons. The Morgan fingerprint density at radius 2 is 1.93 bits per heavy atom. The average molecular weight is 225 g/mol. The predicted octanol–water partition coefficient (Wildman–Crippen LogP) is 1.89. The molecule has 3 heteroatoms. The second-order valence-electron chi connectivity index (χ2n) is 3.99. The zero-order chi connectivity index (χ0) is 11.3. The summed E-state index contributed by atoms with van der Waals surface area (Å²) >= 11 is 0. The zero-order valence-corrected chi connectivity index (χ0v) is 10.5. The molecule has 1 rings (SSSR count). The monoisotopic (exact) mass is 225 g/mol. The van der Waals surface area contributed by atoms with Crippen molar-refractivity contribution in [3.63, 3.8) is 0 Å². The molecule has 0 amide bonds. The molecule has 0 aromatic heterocycles. The maximum atomic E-state index is 11.1. The van der Waals surface area contributed by atoms with E-state index in [4.69, 9.17) is 0 Å². The number of nitrogens with zero attached hydrogens (tertiary/aromatic N) is 1. The van der Waals surface area contributed by atoms with Crippen molar-refractivity contribution in [1.29, 1.82) is 0 Å².